The van der Waals surface area contributed by atoms with Gasteiger partial charge < -0.3 is 62.3 Å². The fraction of sp³-hybridized carbons (Fsp3) is 0.269. The van der Waals surface area contributed by atoms with Crippen LogP contribution in [0.25, 0.3) is 17.1 Å². The number of anilines is 3. The van der Waals surface area contributed by atoms with Gasteiger partial charge in [-0.05, 0) is 198 Å². The van der Waals surface area contributed by atoms with E-state index < -0.39 is 17.7 Å². The van der Waals surface area contributed by atoms with Crippen molar-refractivity contribution in [2.24, 2.45) is 17.2 Å². The van der Waals surface area contributed by atoms with E-state index in [4.69, 9.17) is 21.9 Å². The Morgan fingerprint density at radius 2 is 0.782 bits per heavy atom. The number of benzene rings is 4. The number of carbonyl (C=O) groups excluding carboxylic acids is 3. The topological polar surface area (TPSA) is 276 Å². The van der Waals surface area contributed by atoms with Crippen molar-refractivity contribution in [1.29, 1.82) is 0 Å². The number of nitrogens with zero attached hydrogens (tertiary/aromatic N) is 5. The molecule has 87 heavy (non-hydrogen) atoms. The average Bonchev–Trinajstić information content (AvgIpc) is 3.65. The number of aromatic nitrogens is 5. The van der Waals surface area contributed by atoms with E-state index in [2.05, 4.69) is 59.3 Å². The molecule has 3 aliphatic carbocycles. The molecule has 4 aromatic carbocycles. The van der Waals surface area contributed by atoms with Gasteiger partial charge in [0.15, 0.2) is 0 Å². The lowest BCUT2D eigenvalue weighted by Gasteiger charge is -2.28. The van der Waals surface area contributed by atoms with Crippen molar-refractivity contribution < 1.29 is 34.4 Å². The molecular weight excluding hydrogens is 1130 g/mol. The van der Waals surface area contributed by atoms with Crippen molar-refractivity contribution in [3.8, 4) is 28.7 Å². The number of nitrogens with two attached hydrogens (primary N) is 3. The van der Waals surface area contributed by atoms with Gasteiger partial charge in [0.05, 0.1) is 50.7 Å². The van der Waals surface area contributed by atoms with E-state index in [0.717, 1.165) is 120 Å². The monoisotopic (exact) mass is 1210 g/mol. The number of aliphatic hydroxyl groups excluding tert-OH is 3. The van der Waals surface area contributed by atoms with Crippen molar-refractivity contribution in [2.75, 3.05) is 16.0 Å². The molecule has 5 heterocycles. The summed E-state index contributed by atoms with van der Waals surface area (Å²) in [7, 11) is 0. The Hall–Kier alpha value is -8.79. The highest BCUT2D eigenvalue weighted by Gasteiger charge is 2.25. The van der Waals surface area contributed by atoms with E-state index in [1.807, 2.05) is 114 Å². The van der Waals surface area contributed by atoms with Gasteiger partial charge >= 0.3 is 0 Å². The van der Waals surface area contributed by atoms with Crippen LogP contribution in [0, 0.1) is 0 Å². The number of aliphatic hydroxyl groups is 3. The molecule has 18 nitrogen and oxygen atoms in total. The molecule has 20 heteroatoms. The number of hydrogen-bond acceptors (Lipinski definition) is 14. The number of hydrogen-bond donors (Lipinski definition) is 9. The van der Waals surface area contributed by atoms with Gasteiger partial charge in [-0.2, -0.15) is 0 Å². The molecule has 0 saturated heterocycles. The van der Waals surface area contributed by atoms with E-state index >= 15 is 0 Å². The normalized spacial score (nSPS) is 19.0. The highest BCUT2D eigenvalue weighted by atomic mass is 32.2. The molecule has 9 aromatic rings. The SMILES string of the molecule is NC(=O)c1ccc(-n2cccc2Oc2ccncc2)cc1NC1CCC(O)CC1.NC(=O)c1ccc(-n2cccc2Sc2ccccc2)cc1NC1CCC(O)CC1.NC(=O)c1ccc(-n2cccc2Sc2ccncc2)cc1NC1CCC(O)CC1. The Balaban J connectivity index is 0.000000144. The first kappa shape index (κ1) is 61.3. The first-order valence-electron chi connectivity index (χ1n) is 29.4. The van der Waals surface area contributed by atoms with Crippen LogP contribution >= 0.6 is 23.5 Å². The highest BCUT2D eigenvalue weighted by molar-refractivity contribution is 7.99. The lowest BCUT2D eigenvalue weighted by Crippen LogP contribution is -2.29. The molecule has 0 unspecified atom stereocenters. The van der Waals surface area contributed by atoms with Gasteiger partial charge in [-0.3, -0.25) is 28.9 Å². The molecule has 450 valence electrons. The Bertz CT molecular complexity index is 3320. The third-order valence-electron chi connectivity index (χ3n) is 15.7. The van der Waals surface area contributed by atoms with Crippen LogP contribution in [0.15, 0.2) is 209 Å². The molecule has 12 N–H and O–H groups in total. The van der Waals surface area contributed by atoms with Crippen LogP contribution in [0.5, 0.6) is 11.6 Å². The summed E-state index contributed by atoms with van der Waals surface area (Å²) in [6.07, 6.45) is 22.0. The zero-order chi connectivity index (χ0) is 60.7. The van der Waals surface area contributed by atoms with Crippen LogP contribution in [0.3, 0.4) is 0 Å². The number of primary amides is 3. The number of pyridine rings is 2. The maximum atomic E-state index is 12.0. The third-order valence-corrected chi connectivity index (χ3v) is 17.8. The summed E-state index contributed by atoms with van der Waals surface area (Å²) in [6, 6.07) is 47.2. The minimum Gasteiger partial charge on any atom is -0.440 e. The standard InChI is InChI=1S/C23H25N3O2S.C22H24N4O3.C22H24N4O2S/c24-23(28)20-13-10-17(15-21(20)25-16-8-11-18(27)12-9-16)26-14-4-7-22(26)29-19-5-2-1-3-6-19;2*23-22(28)19-8-5-16(14-20(19)25-15-3-6-17(27)7-4-15)26-13-1-2-21(26)29-18-9-11-24-12-10-18/h1-7,10,13-16,18,25,27H,8-9,11-12H2,(H2,24,28);2*1-2,5,8-15,17,25,27H,3-4,6-7H2,(H2,23,28). The largest absolute Gasteiger partial charge is 0.440 e. The lowest BCUT2D eigenvalue weighted by molar-refractivity contribution is 0.0992. The molecule has 5 aromatic heterocycles. The molecule has 0 aliphatic heterocycles. The van der Waals surface area contributed by atoms with E-state index in [9.17, 15) is 29.7 Å². The molecule has 0 atom stereocenters. The zero-order valence-electron chi connectivity index (χ0n) is 48.1. The minimum absolute atomic E-state index is 0.198. The second kappa shape index (κ2) is 29.5. The summed E-state index contributed by atoms with van der Waals surface area (Å²) in [5, 5.41) is 41.8. The molecule has 0 spiro atoms. The number of nitrogens with one attached hydrogen (secondary N) is 3. The first-order chi connectivity index (χ1) is 42.3. The van der Waals surface area contributed by atoms with E-state index in [-0.39, 0.29) is 36.4 Å². The molecule has 0 bridgehead atoms. The minimum atomic E-state index is -0.476. The lowest BCUT2D eigenvalue weighted by atomic mass is 9.92. The van der Waals surface area contributed by atoms with Gasteiger partial charge in [0.25, 0.3) is 17.7 Å². The first-order valence-corrected chi connectivity index (χ1v) is 31.0. The van der Waals surface area contributed by atoms with Crippen molar-refractivity contribution >= 4 is 58.3 Å². The molecule has 3 saturated carbocycles. The average molecular weight is 1210 g/mol. The summed E-state index contributed by atoms with van der Waals surface area (Å²) in [4.78, 5) is 46.2. The van der Waals surface area contributed by atoms with Gasteiger partial charge in [0, 0.05) is 106 Å². The number of ether oxygens (including phenoxy) is 1. The smallest absolute Gasteiger partial charge is 0.250 e. The van der Waals surface area contributed by atoms with Crippen molar-refractivity contribution in [1.82, 2.24) is 23.7 Å². The van der Waals surface area contributed by atoms with Crippen molar-refractivity contribution in [2.45, 2.75) is 133 Å². The quantitative estimate of drug-likeness (QED) is 0.0387. The van der Waals surface area contributed by atoms with Gasteiger partial charge in [0.2, 0.25) is 5.88 Å². The fourth-order valence-corrected chi connectivity index (χ4v) is 12.9. The second-order valence-corrected chi connectivity index (χ2v) is 24.1. The Morgan fingerprint density at radius 1 is 0.425 bits per heavy atom. The summed E-state index contributed by atoms with van der Waals surface area (Å²) in [5.74, 6) is -0.0340. The molecular formula is C67H73N11O7S2. The molecule has 3 amide bonds. The van der Waals surface area contributed by atoms with E-state index in [0.29, 0.717) is 34.0 Å². The maximum Gasteiger partial charge on any atom is 0.250 e. The van der Waals surface area contributed by atoms with Crippen molar-refractivity contribution in [3.63, 3.8) is 0 Å². The summed E-state index contributed by atoms with van der Waals surface area (Å²) < 4.78 is 12.1. The zero-order valence-corrected chi connectivity index (χ0v) is 49.7. The highest BCUT2D eigenvalue weighted by Crippen LogP contribution is 2.36. The van der Waals surface area contributed by atoms with Crippen LogP contribution < -0.4 is 37.9 Å². The Kier molecular flexibility index (Phi) is 20.8. The number of amides is 3. The van der Waals surface area contributed by atoms with Crippen molar-refractivity contribution in [3.05, 3.63) is 206 Å². The summed E-state index contributed by atoms with van der Waals surface area (Å²) in [5.41, 5.74) is 23.2. The Labute approximate surface area is 514 Å². The molecule has 3 fully saturated rings. The van der Waals surface area contributed by atoms with Gasteiger partial charge in [-0.15, -0.1) is 0 Å². The number of carbonyl (C=O) groups is 3. The summed E-state index contributed by atoms with van der Waals surface area (Å²) >= 11 is 3.34. The van der Waals surface area contributed by atoms with E-state index in [1.165, 1.54) is 4.90 Å². The molecule has 12 rings (SSSR count). The number of rotatable bonds is 18. The molecule has 0 radical (unpaired) electrons. The Morgan fingerprint density at radius 3 is 1.18 bits per heavy atom. The van der Waals surface area contributed by atoms with Gasteiger partial charge in [0.1, 0.15) is 5.75 Å². The molecule has 3 aliphatic rings. The third kappa shape index (κ3) is 16.6. The second-order valence-electron chi connectivity index (χ2n) is 21.9. The van der Waals surface area contributed by atoms with Crippen LogP contribution in [0.2, 0.25) is 0 Å². The fourth-order valence-electron chi connectivity index (χ4n) is 11.0. The van der Waals surface area contributed by atoms with Gasteiger partial charge in [-0.25, -0.2) is 0 Å². The predicted octanol–water partition coefficient (Wildman–Crippen LogP) is 11.8. The summed E-state index contributed by atoms with van der Waals surface area (Å²) in [6.45, 7) is 0. The van der Waals surface area contributed by atoms with E-state index in [1.54, 1.807) is 78.6 Å². The van der Waals surface area contributed by atoms with Crippen LogP contribution in [-0.4, -0.2) is 93.1 Å². The maximum absolute atomic E-state index is 12.0. The van der Waals surface area contributed by atoms with Crippen LogP contribution in [0.1, 0.15) is 108 Å². The van der Waals surface area contributed by atoms with Gasteiger partial charge in [-0.1, -0.05) is 41.7 Å². The van der Waals surface area contributed by atoms with Crippen LogP contribution in [0.4, 0.5) is 17.1 Å². The van der Waals surface area contributed by atoms with Crippen LogP contribution in [-0.2, 0) is 0 Å². The predicted molar refractivity (Wildman–Crippen MR) is 342 cm³/mol.